The summed E-state index contributed by atoms with van der Waals surface area (Å²) in [6.07, 6.45) is 18.8. The Hall–Kier alpha value is -1.08. The summed E-state index contributed by atoms with van der Waals surface area (Å²) in [5.41, 5.74) is 4.61. The van der Waals surface area contributed by atoms with E-state index in [9.17, 15) is 5.11 Å². The smallest absolute Gasteiger partial charge is 0.0583 e. The van der Waals surface area contributed by atoms with Crippen LogP contribution >= 0.6 is 0 Å². The average molecular weight is 397 g/mol. The fraction of sp³-hybridized carbons (Fsp3) is 0.714. The van der Waals surface area contributed by atoms with Crippen molar-refractivity contribution in [3.8, 4) is 0 Å². The highest BCUT2D eigenvalue weighted by molar-refractivity contribution is 5.36. The molecule has 3 saturated carbocycles. The minimum absolute atomic E-state index is 0.182. The summed E-state index contributed by atoms with van der Waals surface area (Å²) >= 11 is 0. The van der Waals surface area contributed by atoms with Crippen LogP contribution < -0.4 is 0 Å². The van der Waals surface area contributed by atoms with Crippen molar-refractivity contribution in [1.82, 2.24) is 0 Å². The molecule has 6 atom stereocenters. The van der Waals surface area contributed by atoms with E-state index in [1.54, 1.807) is 5.57 Å². The molecular weight excluding hydrogens is 352 g/mol. The fourth-order valence-electron chi connectivity index (χ4n) is 6.25. The SMILES string of the molecule is C=C1CC[C@H](O)C/C1=C/C=C1CCC[C@]2(C)[C@@H]([C@H](C)/C=C/[C@H](C)C(C)C)CC[C@@H]12. The first kappa shape index (κ1) is 22.6. The largest absolute Gasteiger partial charge is 0.393 e. The minimum atomic E-state index is -0.182. The van der Waals surface area contributed by atoms with Crippen LogP contribution in [-0.4, -0.2) is 11.2 Å². The molecule has 0 saturated heterocycles. The molecule has 0 heterocycles. The molecule has 0 spiro atoms. The van der Waals surface area contributed by atoms with Gasteiger partial charge in [0, 0.05) is 0 Å². The van der Waals surface area contributed by atoms with E-state index in [1.807, 2.05) is 0 Å². The first-order chi connectivity index (χ1) is 13.7. The summed E-state index contributed by atoms with van der Waals surface area (Å²) in [4.78, 5) is 0. The fourth-order valence-corrected chi connectivity index (χ4v) is 6.25. The first-order valence-electron chi connectivity index (χ1n) is 12.2. The Labute approximate surface area is 180 Å². The van der Waals surface area contributed by atoms with Gasteiger partial charge in [-0.25, -0.2) is 0 Å². The van der Waals surface area contributed by atoms with Gasteiger partial charge in [-0.2, -0.15) is 0 Å². The van der Waals surface area contributed by atoms with E-state index >= 15 is 0 Å². The maximum Gasteiger partial charge on any atom is 0.0583 e. The zero-order valence-corrected chi connectivity index (χ0v) is 19.6. The van der Waals surface area contributed by atoms with Gasteiger partial charge < -0.3 is 5.11 Å². The predicted molar refractivity (Wildman–Crippen MR) is 126 cm³/mol. The highest BCUT2D eigenvalue weighted by atomic mass is 16.3. The molecule has 1 N–H and O–H groups in total. The number of aliphatic hydroxyl groups excluding tert-OH is 1. The van der Waals surface area contributed by atoms with Crippen LogP contribution in [-0.2, 0) is 0 Å². The second-order valence-electron chi connectivity index (χ2n) is 10.9. The van der Waals surface area contributed by atoms with Gasteiger partial charge in [-0.05, 0) is 91.9 Å². The lowest BCUT2D eigenvalue weighted by atomic mass is 9.61. The highest BCUT2D eigenvalue weighted by Gasteiger charge is 2.50. The Bertz CT molecular complexity index is 678. The third kappa shape index (κ3) is 4.98. The summed E-state index contributed by atoms with van der Waals surface area (Å²) in [6, 6.07) is 0. The zero-order chi connectivity index (χ0) is 21.2. The molecule has 0 radical (unpaired) electrons. The molecule has 0 aromatic carbocycles. The van der Waals surface area contributed by atoms with Gasteiger partial charge in [0.2, 0.25) is 0 Å². The Balaban J connectivity index is 1.75. The van der Waals surface area contributed by atoms with Crippen molar-refractivity contribution >= 4 is 0 Å². The van der Waals surface area contributed by atoms with Gasteiger partial charge in [-0.1, -0.05) is 76.6 Å². The molecule has 3 fully saturated rings. The van der Waals surface area contributed by atoms with E-state index < -0.39 is 0 Å². The van der Waals surface area contributed by atoms with E-state index in [0.717, 1.165) is 37.0 Å². The van der Waals surface area contributed by atoms with E-state index in [4.69, 9.17) is 0 Å². The number of hydrogen-bond acceptors (Lipinski definition) is 1. The van der Waals surface area contributed by atoms with Crippen LogP contribution in [0.25, 0.3) is 0 Å². The lowest BCUT2D eigenvalue weighted by Gasteiger charge is -2.44. The number of hydrogen-bond donors (Lipinski definition) is 1. The third-order valence-corrected chi connectivity index (χ3v) is 8.63. The van der Waals surface area contributed by atoms with Gasteiger partial charge in [0.05, 0.1) is 6.10 Å². The molecule has 0 aliphatic heterocycles. The Morgan fingerprint density at radius 2 is 1.79 bits per heavy atom. The van der Waals surface area contributed by atoms with Crippen molar-refractivity contribution in [1.29, 1.82) is 0 Å². The highest BCUT2D eigenvalue weighted by Crippen LogP contribution is 2.59. The molecule has 3 aliphatic rings. The van der Waals surface area contributed by atoms with Gasteiger partial charge >= 0.3 is 0 Å². The molecule has 1 heteroatoms. The molecule has 0 aromatic heterocycles. The minimum Gasteiger partial charge on any atom is -0.393 e. The molecule has 0 unspecified atom stereocenters. The van der Waals surface area contributed by atoms with Crippen molar-refractivity contribution in [3.05, 3.63) is 47.6 Å². The van der Waals surface area contributed by atoms with Gasteiger partial charge in [0.15, 0.2) is 0 Å². The second-order valence-corrected chi connectivity index (χ2v) is 10.9. The van der Waals surface area contributed by atoms with E-state index in [-0.39, 0.29) is 6.10 Å². The van der Waals surface area contributed by atoms with Crippen molar-refractivity contribution in [2.75, 3.05) is 0 Å². The maximum atomic E-state index is 10.0. The molecule has 3 rings (SSSR count). The Morgan fingerprint density at radius 1 is 1.03 bits per heavy atom. The topological polar surface area (TPSA) is 20.2 Å². The summed E-state index contributed by atoms with van der Waals surface area (Å²) in [6.45, 7) is 16.3. The molecular formula is C28H44O. The lowest BCUT2D eigenvalue weighted by molar-refractivity contribution is 0.112. The quantitative estimate of drug-likeness (QED) is 0.473. The first-order valence-corrected chi connectivity index (χ1v) is 12.2. The summed E-state index contributed by atoms with van der Waals surface area (Å²) < 4.78 is 0. The van der Waals surface area contributed by atoms with Crippen LogP contribution in [0.4, 0.5) is 0 Å². The number of rotatable bonds is 5. The van der Waals surface area contributed by atoms with Crippen molar-refractivity contribution in [2.24, 2.45) is 35.0 Å². The molecule has 0 bridgehead atoms. The zero-order valence-electron chi connectivity index (χ0n) is 19.6. The summed E-state index contributed by atoms with van der Waals surface area (Å²) in [7, 11) is 0. The molecule has 1 nitrogen and oxygen atoms in total. The Kier molecular flexibility index (Phi) is 7.31. The molecule has 29 heavy (non-hydrogen) atoms. The maximum absolute atomic E-state index is 10.0. The van der Waals surface area contributed by atoms with E-state index in [1.165, 1.54) is 43.3 Å². The molecule has 0 amide bonds. The monoisotopic (exact) mass is 396 g/mol. The van der Waals surface area contributed by atoms with Gasteiger partial charge in [0.25, 0.3) is 0 Å². The van der Waals surface area contributed by atoms with Crippen LogP contribution in [0.15, 0.2) is 47.6 Å². The molecule has 162 valence electrons. The summed E-state index contributed by atoms with van der Waals surface area (Å²) in [5, 5.41) is 10.0. The van der Waals surface area contributed by atoms with Gasteiger partial charge in [-0.15, -0.1) is 0 Å². The van der Waals surface area contributed by atoms with Crippen LogP contribution in [0.2, 0.25) is 0 Å². The lowest BCUT2D eigenvalue weighted by Crippen LogP contribution is -2.35. The Morgan fingerprint density at radius 3 is 2.52 bits per heavy atom. The third-order valence-electron chi connectivity index (χ3n) is 8.63. The van der Waals surface area contributed by atoms with Crippen molar-refractivity contribution in [3.63, 3.8) is 0 Å². The summed E-state index contributed by atoms with van der Waals surface area (Å²) in [5.74, 6) is 3.58. The van der Waals surface area contributed by atoms with Crippen molar-refractivity contribution in [2.45, 2.75) is 92.1 Å². The van der Waals surface area contributed by atoms with E-state index in [2.05, 4.69) is 65.5 Å². The van der Waals surface area contributed by atoms with Gasteiger partial charge in [0.1, 0.15) is 0 Å². The van der Waals surface area contributed by atoms with Gasteiger partial charge in [-0.3, -0.25) is 0 Å². The number of aliphatic hydroxyl groups is 1. The number of allylic oxidation sites excluding steroid dienone is 6. The molecule has 3 aliphatic carbocycles. The predicted octanol–water partition coefficient (Wildman–Crippen LogP) is 7.64. The van der Waals surface area contributed by atoms with Crippen molar-refractivity contribution < 1.29 is 5.11 Å². The second kappa shape index (κ2) is 9.38. The van der Waals surface area contributed by atoms with Crippen LogP contribution in [0.5, 0.6) is 0 Å². The van der Waals surface area contributed by atoms with Crippen LogP contribution in [0.1, 0.15) is 86.0 Å². The number of fused-ring (bicyclic) bond motifs is 1. The van der Waals surface area contributed by atoms with E-state index in [0.29, 0.717) is 17.3 Å². The van der Waals surface area contributed by atoms with Crippen LogP contribution in [0.3, 0.4) is 0 Å². The molecule has 0 aromatic rings. The normalized spacial score (nSPS) is 38.2. The average Bonchev–Trinajstić information content (AvgIpc) is 3.04. The van der Waals surface area contributed by atoms with Crippen LogP contribution in [0, 0.1) is 35.0 Å². The standard InChI is InChI=1S/C28H44O/c1-19(2)20(3)9-10-22(5)26-15-16-27-23(8-7-17-28(26,27)6)12-13-24-18-25(29)14-11-21(24)4/h9-10,12-13,19-20,22,25-27,29H,4,7-8,11,14-18H2,1-3,5-6H3/b10-9+,23-12?,24-13-/t20-,22+,25-,26+,27-,28+/m0/s1.